The van der Waals surface area contributed by atoms with Crippen LogP contribution in [0, 0.1) is 6.92 Å². The quantitative estimate of drug-likeness (QED) is 0.712. The van der Waals surface area contributed by atoms with Crippen molar-refractivity contribution >= 4 is 23.3 Å². The van der Waals surface area contributed by atoms with Gasteiger partial charge in [-0.05, 0) is 19.8 Å². The summed E-state index contributed by atoms with van der Waals surface area (Å²) in [7, 11) is 0. The summed E-state index contributed by atoms with van der Waals surface area (Å²) in [5.74, 6) is 0.936. The van der Waals surface area contributed by atoms with Crippen LogP contribution in [-0.2, 0) is 4.79 Å². The van der Waals surface area contributed by atoms with Crippen molar-refractivity contribution in [2.45, 2.75) is 24.9 Å². The van der Waals surface area contributed by atoms with Gasteiger partial charge in [0.25, 0.3) is 5.56 Å². The van der Waals surface area contributed by atoms with E-state index in [0.717, 1.165) is 37.1 Å². The Bertz CT molecular complexity index is 1000. The molecule has 0 aliphatic carbocycles. The number of fused-ring (bicyclic) bond motifs is 1. The van der Waals surface area contributed by atoms with Crippen molar-refractivity contribution in [3.8, 4) is 11.4 Å². The molecular weight excluding hydrogens is 350 g/mol. The molecular formula is C18H19N5O2S. The van der Waals surface area contributed by atoms with Gasteiger partial charge < -0.3 is 4.90 Å². The number of nitrogens with zero attached hydrogens (tertiary/aromatic N) is 4. The summed E-state index contributed by atoms with van der Waals surface area (Å²) in [4.78, 5) is 35.0. The van der Waals surface area contributed by atoms with Crippen LogP contribution in [0.15, 0.2) is 40.3 Å². The van der Waals surface area contributed by atoms with Crippen molar-refractivity contribution in [2.24, 2.45) is 0 Å². The maximum Gasteiger partial charge on any atom is 0.266 e. The SMILES string of the molecule is Cc1ccc(-c2nc(SCC(=O)N3CCCC3)n3[nH]c(=O)cc3n2)cc1. The number of hydrogen-bond acceptors (Lipinski definition) is 5. The van der Waals surface area contributed by atoms with Gasteiger partial charge in [-0.2, -0.15) is 0 Å². The Morgan fingerprint density at radius 3 is 2.65 bits per heavy atom. The number of nitrogens with one attached hydrogen (secondary N) is 1. The monoisotopic (exact) mass is 369 g/mol. The number of thioether (sulfide) groups is 1. The number of aromatic nitrogens is 4. The Kier molecular flexibility index (Phi) is 4.50. The maximum atomic E-state index is 12.3. The van der Waals surface area contributed by atoms with Crippen LogP contribution in [0.25, 0.3) is 17.0 Å². The van der Waals surface area contributed by atoms with Gasteiger partial charge in [-0.1, -0.05) is 41.6 Å². The van der Waals surface area contributed by atoms with Crippen LogP contribution in [0.1, 0.15) is 18.4 Å². The molecule has 3 heterocycles. The zero-order valence-electron chi connectivity index (χ0n) is 14.4. The summed E-state index contributed by atoms with van der Waals surface area (Å²) < 4.78 is 1.54. The highest BCUT2D eigenvalue weighted by atomic mass is 32.2. The van der Waals surface area contributed by atoms with E-state index < -0.39 is 0 Å². The highest BCUT2D eigenvalue weighted by Gasteiger charge is 2.19. The molecule has 1 amide bonds. The molecule has 1 fully saturated rings. The summed E-state index contributed by atoms with van der Waals surface area (Å²) in [6.45, 7) is 3.67. The van der Waals surface area contributed by atoms with E-state index in [2.05, 4.69) is 15.1 Å². The molecule has 4 rings (SSSR count). The van der Waals surface area contributed by atoms with Gasteiger partial charge in [-0.25, -0.2) is 14.5 Å². The number of likely N-dealkylation sites (tertiary alicyclic amines) is 1. The number of H-pyrrole nitrogens is 1. The first-order valence-electron chi connectivity index (χ1n) is 8.57. The van der Waals surface area contributed by atoms with Gasteiger partial charge in [0, 0.05) is 24.7 Å². The summed E-state index contributed by atoms with van der Waals surface area (Å²) in [5, 5.41) is 3.25. The lowest BCUT2D eigenvalue weighted by molar-refractivity contribution is -0.127. The molecule has 2 aromatic heterocycles. The molecule has 26 heavy (non-hydrogen) atoms. The first-order chi connectivity index (χ1) is 12.6. The van der Waals surface area contributed by atoms with Gasteiger partial charge in [0.05, 0.1) is 5.75 Å². The molecule has 1 N–H and O–H groups in total. The Balaban J connectivity index is 1.66. The van der Waals surface area contributed by atoms with E-state index in [1.54, 1.807) is 4.52 Å². The number of rotatable bonds is 4. The van der Waals surface area contributed by atoms with E-state index in [9.17, 15) is 9.59 Å². The Morgan fingerprint density at radius 1 is 1.19 bits per heavy atom. The van der Waals surface area contributed by atoms with Crippen molar-refractivity contribution in [2.75, 3.05) is 18.8 Å². The second-order valence-corrected chi connectivity index (χ2v) is 7.33. The molecule has 0 bridgehead atoms. The van der Waals surface area contributed by atoms with Gasteiger partial charge in [-0.3, -0.25) is 14.7 Å². The van der Waals surface area contributed by atoms with E-state index in [-0.39, 0.29) is 11.5 Å². The molecule has 0 unspecified atom stereocenters. The molecule has 7 nitrogen and oxygen atoms in total. The predicted octanol–water partition coefficient (Wildman–Crippen LogP) is 2.11. The smallest absolute Gasteiger partial charge is 0.266 e. The average Bonchev–Trinajstić information content (AvgIpc) is 3.28. The molecule has 1 aliphatic heterocycles. The molecule has 3 aromatic rings. The number of aryl methyl sites for hydroxylation is 1. The molecule has 0 spiro atoms. The molecule has 0 atom stereocenters. The minimum absolute atomic E-state index is 0.102. The lowest BCUT2D eigenvalue weighted by Gasteiger charge is -2.14. The van der Waals surface area contributed by atoms with E-state index in [0.29, 0.717) is 22.4 Å². The van der Waals surface area contributed by atoms with Gasteiger partial charge in [0.2, 0.25) is 5.91 Å². The number of carbonyl (C=O) groups is 1. The third kappa shape index (κ3) is 3.37. The van der Waals surface area contributed by atoms with Crippen molar-refractivity contribution in [1.82, 2.24) is 24.5 Å². The molecule has 0 saturated carbocycles. The maximum absolute atomic E-state index is 12.3. The molecule has 1 aromatic carbocycles. The molecule has 134 valence electrons. The molecule has 8 heteroatoms. The number of amides is 1. The van der Waals surface area contributed by atoms with Crippen molar-refractivity contribution in [3.05, 3.63) is 46.2 Å². The summed E-state index contributed by atoms with van der Waals surface area (Å²) in [5.41, 5.74) is 2.28. The van der Waals surface area contributed by atoms with Gasteiger partial charge >= 0.3 is 0 Å². The number of aromatic amines is 1. The second kappa shape index (κ2) is 6.95. The topological polar surface area (TPSA) is 83.4 Å². The number of benzene rings is 1. The highest BCUT2D eigenvalue weighted by Crippen LogP contribution is 2.22. The fraction of sp³-hybridized carbons (Fsp3) is 0.333. The standard InChI is InChI=1S/C18H19N5O2S/c1-12-4-6-13(7-5-12)17-19-14-10-15(24)21-23(14)18(20-17)26-11-16(25)22-8-2-3-9-22/h4-7,10H,2-3,8-9,11H2,1H3,(H,21,24). The van der Waals surface area contributed by atoms with E-state index in [1.807, 2.05) is 36.1 Å². The van der Waals surface area contributed by atoms with E-state index in [1.165, 1.54) is 17.8 Å². The Hall–Kier alpha value is -2.61. The van der Waals surface area contributed by atoms with Crippen LogP contribution in [0.2, 0.25) is 0 Å². The lowest BCUT2D eigenvalue weighted by Crippen LogP contribution is -2.29. The average molecular weight is 369 g/mol. The summed E-state index contributed by atoms with van der Waals surface area (Å²) in [6.07, 6.45) is 2.13. The van der Waals surface area contributed by atoms with Gasteiger partial charge in [0.1, 0.15) is 0 Å². The second-order valence-electron chi connectivity index (χ2n) is 6.39. The Morgan fingerprint density at radius 2 is 1.92 bits per heavy atom. The third-order valence-electron chi connectivity index (χ3n) is 4.42. The highest BCUT2D eigenvalue weighted by molar-refractivity contribution is 7.99. The van der Waals surface area contributed by atoms with Crippen LogP contribution in [0.4, 0.5) is 0 Å². The third-order valence-corrected chi connectivity index (χ3v) is 5.34. The zero-order chi connectivity index (χ0) is 18.1. The van der Waals surface area contributed by atoms with Crippen molar-refractivity contribution in [1.29, 1.82) is 0 Å². The zero-order valence-corrected chi connectivity index (χ0v) is 15.3. The molecule has 1 saturated heterocycles. The van der Waals surface area contributed by atoms with Crippen LogP contribution < -0.4 is 5.56 Å². The molecule has 1 aliphatic rings. The van der Waals surface area contributed by atoms with Crippen LogP contribution in [0.5, 0.6) is 0 Å². The Labute approximate surface area is 154 Å². The fourth-order valence-electron chi connectivity index (χ4n) is 3.00. The van der Waals surface area contributed by atoms with Gasteiger partial charge in [0.15, 0.2) is 16.6 Å². The fourth-order valence-corrected chi connectivity index (χ4v) is 3.85. The minimum atomic E-state index is -0.243. The van der Waals surface area contributed by atoms with Gasteiger partial charge in [-0.15, -0.1) is 0 Å². The van der Waals surface area contributed by atoms with Crippen molar-refractivity contribution in [3.63, 3.8) is 0 Å². The summed E-state index contributed by atoms with van der Waals surface area (Å²) >= 11 is 1.32. The first-order valence-corrected chi connectivity index (χ1v) is 9.56. The van der Waals surface area contributed by atoms with E-state index in [4.69, 9.17) is 0 Å². The normalized spacial score (nSPS) is 14.3. The number of carbonyl (C=O) groups excluding carboxylic acids is 1. The lowest BCUT2D eigenvalue weighted by atomic mass is 10.1. The van der Waals surface area contributed by atoms with E-state index >= 15 is 0 Å². The van der Waals surface area contributed by atoms with Crippen LogP contribution in [0.3, 0.4) is 0 Å². The summed E-state index contributed by atoms with van der Waals surface area (Å²) in [6, 6.07) is 9.34. The largest absolute Gasteiger partial charge is 0.342 e. The van der Waals surface area contributed by atoms with Crippen LogP contribution >= 0.6 is 11.8 Å². The van der Waals surface area contributed by atoms with Crippen molar-refractivity contribution < 1.29 is 4.79 Å². The minimum Gasteiger partial charge on any atom is -0.342 e. The first kappa shape index (κ1) is 16.8. The number of hydrogen-bond donors (Lipinski definition) is 1. The molecule has 0 radical (unpaired) electrons. The van der Waals surface area contributed by atoms with Crippen LogP contribution in [-0.4, -0.2) is 49.2 Å². The predicted molar refractivity (Wildman–Crippen MR) is 100 cm³/mol.